The first-order chi connectivity index (χ1) is 13.0. The minimum atomic E-state index is -2.95. The van der Waals surface area contributed by atoms with E-state index in [9.17, 15) is 13.2 Å². The second kappa shape index (κ2) is 10.3. The smallest absolute Gasteiger partial charge is 0.305 e. The topological polar surface area (TPSA) is 81.5 Å². The molecule has 147 valence electrons. The van der Waals surface area contributed by atoms with Crippen molar-refractivity contribution in [2.45, 2.75) is 38.1 Å². The van der Waals surface area contributed by atoms with Gasteiger partial charge in [0, 0.05) is 29.9 Å². The highest BCUT2D eigenvalue weighted by atomic mass is 35.5. The fourth-order valence-corrected chi connectivity index (χ4v) is 3.54. The SMILES string of the molecule is [CH2]CC(CCCCC(=O)OC)n1ccnc1N(c1ccc(Cl)cc1)[SH](=O)=O. The second-order valence-corrected chi connectivity index (χ2v) is 7.24. The van der Waals surface area contributed by atoms with Crippen molar-refractivity contribution in [3.05, 3.63) is 48.6 Å². The van der Waals surface area contributed by atoms with Gasteiger partial charge in [0.2, 0.25) is 16.8 Å². The number of carbonyl (C=O) groups is 1. The molecule has 2 rings (SSSR count). The van der Waals surface area contributed by atoms with Crippen molar-refractivity contribution in [1.82, 2.24) is 9.55 Å². The molecule has 1 heterocycles. The van der Waals surface area contributed by atoms with Crippen LogP contribution in [0, 0.1) is 6.92 Å². The zero-order valence-electron chi connectivity index (χ0n) is 15.1. The van der Waals surface area contributed by atoms with Crippen LogP contribution in [0.25, 0.3) is 0 Å². The van der Waals surface area contributed by atoms with Crippen LogP contribution in [0.4, 0.5) is 11.6 Å². The Bertz CT molecular complexity index is 812. The molecule has 0 spiro atoms. The monoisotopic (exact) mass is 412 g/mol. The number of imidazole rings is 1. The van der Waals surface area contributed by atoms with Gasteiger partial charge in [-0.05, 0) is 43.5 Å². The number of nitrogens with zero attached hydrogens (tertiary/aromatic N) is 3. The highest BCUT2D eigenvalue weighted by Crippen LogP contribution is 2.30. The van der Waals surface area contributed by atoms with E-state index in [0.717, 1.165) is 17.1 Å². The van der Waals surface area contributed by atoms with E-state index in [1.807, 2.05) is 4.57 Å². The number of unbranched alkanes of at least 4 members (excludes halogenated alkanes) is 1. The van der Waals surface area contributed by atoms with Gasteiger partial charge in [-0.3, -0.25) is 4.79 Å². The van der Waals surface area contributed by atoms with Crippen LogP contribution < -0.4 is 4.31 Å². The van der Waals surface area contributed by atoms with Gasteiger partial charge in [0.15, 0.2) is 0 Å². The van der Waals surface area contributed by atoms with Gasteiger partial charge in [-0.2, -0.15) is 0 Å². The molecule has 1 aromatic carbocycles. The number of halogens is 1. The molecule has 0 aliphatic carbocycles. The Morgan fingerprint density at radius 2 is 2.04 bits per heavy atom. The number of aromatic nitrogens is 2. The average molecular weight is 413 g/mol. The number of hydrogen-bond donors (Lipinski definition) is 1. The Morgan fingerprint density at radius 1 is 1.33 bits per heavy atom. The van der Waals surface area contributed by atoms with E-state index >= 15 is 0 Å². The van der Waals surface area contributed by atoms with E-state index < -0.39 is 10.9 Å². The predicted molar refractivity (Wildman–Crippen MR) is 106 cm³/mol. The van der Waals surface area contributed by atoms with Gasteiger partial charge in [0.1, 0.15) is 0 Å². The van der Waals surface area contributed by atoms with Crippen molar-refractivity contribution < 1.29 is 17.9 Å². The maximum atomic E-state index is 11.9. The lowest BCUT2D eigenvalue weighted by Crippen LogP contribution is -2.21. The molecule has 0 aliphatic rings. The van der Waals surface area contributed by atoms with Gasteiger partial charge in [-0.25, -0.2) is 17.7 Å². The van der Waals surface area contributed by atoms with E-state index in [1.54, 1.807) is 36.7 Å². The van der Waals surface area contributed by atoms with Gasteiger partial charge >= 0.3 is 5.97 Å². The first kappa shape index (κ1) is 21.2. The third-order valence-corrected chi connectivity index (χ3v) is 5.18. The molecule has 27 heavy (non-hydrogen) atoms. The highest BCUT2D eigenvalue weighted by Gasteiger charge is 2.21. The summed E-state index contributed by atoms with van der Waals surface area (Å²) in [5.74, 6) is 0.0665. The molecule has 7 nitrogen and oxygen atoms in total. The van der Waals surface area contributed by atoms with Crippen LogP contribution in [0.15, 0.2) is 36.7 Å². The molecule has 1 radical (unpaired) electrons. The minimum Gasteiger partial charge on any atom is -0.469 e. The first-order valence-electron chi connectivity index (χ1n) is 8.56. The number of carbonyl (C=O) groups excluding carboxylic acids is 1. The van der Waals surface area contributed by atoms with Crippen LogP contribution in [0.5, 0.6) is 0 Å². The molecule has 1 aromatic heterocycles. The highest BCUT2D eigenvalue weighted by molar-refractivity contribution is 7.74. The molecule has 0 bridgehead atoms. The molecule has 0 N–H and O–H groups in total. The Balaban J connectivity index is 2.19. The normalized spacial score (nSPS) is 12.1. The van der Waals surface area contributed by atoms with Crippen LogP contribution in [0.3, 0.4) is 0 Å². The second-order valence-electron chi connectivity index (χ2n) is 5.92. The summed E-state index contributed by atoms with van der Waals surface area (Å²) in [7, 11) is -1.58. The van der Waals surface area contributed by atoms with Crippen LogP contribution >= 0.6 is 11.6 Å². The van der Waals surface area contributed by atoms with Crippen molar-refractivity contribution >= 4 is 40.1 Å². The number of anilines is 2. The van der Waals surface area contributed by atoms with E-state index in [-0.39, 0.29) is 12.0 Å². The number of ether oxygens (including phenoxy) is 1. The minimum absolute atomic E-state index is 0.0371. The largest absolute Gasteiger partial charge is 0.469 e. The Hall–Kier alpha value is -2.06. The molecule has 0 fully saturated rings. The Morgan fingerprint density at radius 3 is 2.63 bits per heavy atom. The van der Waals surface area contributed by atoms with Crippen LogP contribution in [0.1, 0.15) is 38.1 Å². The van der Waals surface area contributed by atoms with Crippen molar-refractivity contribution in [2.75, 3.05) is 11.4 Å². The third kappa shape index (κ3) is 5.71. The number of thiol groups is 1. The molecule has 0 saturated heterocycles. The summed E-state index contributed by atoms with van der Waals surface area (Å²) < 4.78 is 31.5. The Labute approximate surface area is 166 Å². The standard InChI is InChI=1S/C18H23ClN3O4S/c1-3-15(6-4-5-7-17(23)26-2)21-13-12-20-18(21)22(27(24)25)16-10-8-14(19)9-11-16/h8-13,15,27H,1,3-7H2,2H3. The zero-order chi connectivity index (χ0) is 19.8. The van der Waals surface area contributed by atoms with E-state index in [2.05, 4.69) is 16.6 Å². The van der Waals surface area contributed by atoms with Crippen LogP contribution in [-0.2, 0) is 20.4 Å². The maximum Gasteiger partial charge on any atom is 0.305 e. The van der Waals surface area contributed by atoms with Crippen LogP contribution in [-0.4, -0.2) is 31.0 Å². The van der Waals surface area contributed by atoms with Crippen LogP contribution in [0.2, 0.25) is 5.02 Å². The van der Waals surface area contributed by atoms with Gasteiger partial charge in [-0.15, -0.1) is 0 Å². The van der Waals surface area contributed by atoms with E-state index in [1.165, 1.54) is 7.11 Å². The summed E-state index contributed by atoms with van der Waals surface area (Å²) in [6.07, 6.45) is 6.46. The van der Waals surface area contributed by atoms with Crippen molar-refractivity contribution in [2.24, 2.45) is 0 Å². The summed E-state index contributed by atoms with van der Waals surface area (Å²) in [5, 5.41) is 0.518. The van der Waals surface area contributed by atoms with Crippen molar-refractivity contribution in [1.29, 1.82) is 0 Å². The summed E-state index contributed by atoms with van der Waals surface area (Å²) in [6.45, 7) is 3.97. The first-order valence-corrected chi connectivity index (χ1v) is 10.1. The molecule has 0 aliphatic heterocycles. The molecule has 2 aromatic rings. The van der Waals surface area contributed by atoms with Crippen molar-refractivity contribution in [3.8, 4) is 0 Å². The molecule has 1 unspecified atom stereocenters. The number of benzene rings is 1. The summed E-state index contributed by atoms with van der Waals surface area (Å²) in [4.78, 5) is 15.5. The zero-order valence-corrected chi connectivity index (χ0v) is 16.7. The lowest BCUT2D eigenvalue weighted by atomic mass is 10.1. The molecule has 9 heteroatoms. The molecular weight excluding hydrogens is 390 g/mol. The number of esters is 1. The summed E-state index contributed by atoms with van der Waals surface area (Å²) in [6, 6.07) is 6.47. The summed E-state index contributed by atoms with van der Waals surface area (Å²) >= 11 is 5.90. The average Bonchev–Trinajstić information content (AvgIpc) is 3.12. The summed E-state index contributed by atoms with van der Waals surface area (Å²) in [5.41, 5.74) is 0.455. The number of hydrogen-bond acceptors (Lipinski definition) is 5. The van der Waals surface area contributed by atoms with E-state index in [0.29, 0.717) is 35.9 Å². The van der Waals surface area contributed by atoms with Gasteiger partial charge in [-0.1, -0.05) is 24.9 Å². The fraction of sp³-hybridized carbons (Fsp3) is 0.389. The third-order valence-electron chi connectivity index (χ3n) is 4.19. The number of methoxy groups -OCH3 is 1. The molecular formula is C18H23ClN3O4S. The molecule has 1 atom stereocenters. The lowest BCUT2D eigenvalue weighted by molar-refractivity contribution is -0.140. The molecule has 0 saturated carbocycles. The lowest BCUT2D eigenvalue weighted by Gasteiger charge is -2.23. The quantitative estimate of drug-likeness (QED) is 0.365. The maximum absolute atomic E-state index is 11.9. The fourth-order valence-electron chi connectivity index (χ4n) is 2.79. The van der Waals surface area contributed by atoms with Gasteiger partial charge < -0.3 is 9.30 Å². The van der Waals surface area contributed by atoms with Crippen molar-refractivity contribution in [3.63, 3.8) is 0 Å². The van der Waals surface area contributed by atoms with Gasteiger partial charge in [0.05, 0.1) is 12.8 Å². The van der Waals surface area contributed by atoms with Gasteiger partial charge in [0.25, 0.3) is 0 Å². The predicted octanol–water partition coefficient (Wildman–Crippen LogP) is 3.70. The molecule has 0 amide bonds. The van der Waals surface area contributed by atoms with E-state index in [4.69, 9.17) is 11.6 Å². The Kier molecular flexibility index (Phi) is 8.12. The number of rotatable bonds is 10.